The lowest BCUT2D eigenvalue weighted by molar-refractivity contribution is -0.137. The molecule has 0 unspecified atom stereocenters. The molecule has 0 fully saturated rings. The van der Waals surface area contributed by atoms with Crippen molar-refractivity contribution >= 4 is 23.1 Å². The van der Waals surface area contributed by atoms with E-state index in [1.807, 2.05) is 50.2 Å². The van der Waals surface area contributed by atoms with E-state index in [9.17, 15) is 13.2 Å². The standard InChI is InChI=1S/C21H22F3N5/c1-14-10-19(25-13-15-6-4-7-16(11-15)21(22,23)24)28-20(26-14)27-17-8-5-9-18(12-17)29(2)3/h4-12H,13H2,1-3H3,(H2,25,26,27,28). The van der Waals surface area contributed by atoms with Crippen molar-refractivity contribution in [2.75, 3.05) is 29.6 Å². The molecule has 3 aromatic rings. The van der Waals surface area contributed by atoms with Crippen molar-refractivity contribution < 1.29 is 13.2 Å². The van der Waals surface area contributed by atoms with Crippen LogP contribution in [0.1, 0.15) is 16.8 Å². The second kappa shape index (κ2) is 8.38. The summed E-state index contributed by atoms with van der Waals surface area (Å²) in [5.74, 6) is 0.939. The number of halogens is 3. The van der Waals surface area contributed by atoms with Crippen LogP contribution in [0, 0.1) is 6.92 Å². The smallest absolute Gasteiger partial charge is 0.378 e. The molecule has 2 N–H and O–H groups in total. The molecule has 152 valence electrons. The normalized spacial score (nSPS) is 11.2. The number of rotatable bonds is 6. The zero-order chi connectivity index (χ0) is 21.0. The van der Waals surface area contributed by atoms with E-state index in [1.54, 1.807) is 12.1 Å². The summed E-state index contributed by atoms with van der Waals surface area (Å²) >= 11 is 0. The highest BCUT2D eigenvalue weighted by Crippen LogP contribution is 2.29. The number of aryl methyl sites for hydroxylation is 1. The van der Waals surface area contributed by atoms with Crippen LogP contribution in [0.3, 0.4) is 0 Å². The van der Waals surface area contributed by atoms with Gasteiger partial charge in [0, 0.05) is 43.8 Å². The van der Waals surface area contributed by atoms with E-state index in [0.717, 1.165) is 29.2 Å². The zero-order valence-corrected chi connectivity index (χ0v) is 16.4. The molecule has 1 heterocycles. The second-order valence-electron chi connectivity index (χ2n) is 6.84. The van der Waals surface area contributed by atoms with Crippen molar-refractivity contribution in [3.63, 3.8) is 0 Å². The molecule has 8 heteroatoms. The number of hydrogen-bond donors (Lipinski definition) is 2. The predicted molar refractivity (Wildman–Crippen MR) is 110 cm³/mol. The summed E-state index contributed by atoms with van der Waals surface area (Å²) in [6.07, 6.45) is -4.36. The summed E-state index contributed by atoms with van der Waals surface area (Å²) < 4.78 is 38.6. The van der Waals surface area contributed by atoms with Gasteiger partial charge in [0.15, 0.2) is 0 Å². The van der Waals surface area contributed by atoms with Crippen LogP contribution in [0.15, 0.2) is 54.6 Å². The number of hydrogen-bond acceptors (Lipinski definition) is 5. The van der Waals surface area contributed by atoms with E-state index in [0.29, 0.717) is 17.3 Å². The van der Waals surface area contributed by atoms with Crippen LogP contribution in [-0.4, -0.2) is 24.1 Å². The van der Waals surface area contributed by atoms with Crippen LogP contribution in [0.25, 0.3) is 0 Å². The number of aromatic nitrogens is 2. The Morgan fingerprint density at radius 2 is 1.72 bits per heavy atom. The SMILES string of the molecule is Cc1cc(NCc2cccc(C(F)(F)F)c2)nc(Nc2cccc(N(C)C)c2)n1. The molecular formula is C21H22F3N5. The van der Waals surface area contributed by atoms with E-state index in [4.69, 9.17) is 0 Å². The molecule has 2 aromatic carbocycles. The monoisotopic (exact) mass is 401 g/mol. The van der Waals surface area contributed by atoms with E-state index >= 15 is 0 Å². The van der Waals surface area contributed by atoms with Crippen molar-refractivity contribution in [2.24, 2.45) is 0 Å². The van der Waals surface area contributed by atoms with Crippen LogP contribution < -0.4 is 15.5 Å². The van der Waals surface area contributed by atoms with Gasteiger partial charge in [0.2, 0.25) is 5.95 Å². The van der Waals surface area contributed by atoms with Crippen molar-refractivity contribution in [3.8, 4) is 0 Å². The third kappa shape index (κ3) is 5.60. The first-order valence-electron chi connectivity index (χ1n) is 9.01. The highest BCUT2D eigenvalue weighted by Gasteiger charge is 2.30. The predicted octanol–water partition coefficient (Wildman–Crippen LogP) is 5.23. The Morgan fingerprint density at radius 3 is 2.45 bits per heavy atom. The summed E-state index contributed by atoms with van der Waals surface area (Å²) in [5, 5.41) is 6.24. The fourth-order valence-corrected chi connectivity index (χ4v) is 2.76. The van der Waals surface area contributed by atoms with Crippen molar-refractivity contribution in [1.29, 1.82) is 0 Å². The maximum Gasteiger partial charge on any atom is 0.416 e. The van der Waals surface area contributed by atoms with Gasteiger partial charge in [-0.25, -0.2) is 4.98 Å². The van der Waals surface area contributed by atoms with Crippen molar-refractivity contribution in [3.05, 3.63) is 71.4 Å². The van der Waals surface area contributed by atoms with Gasteiger partial charge in [-0.3, -0.25) is 0 Å². The Balaban J connectivity index is 1.73. The van der Waals surface area contributed by atoms with E-state index in [2.05, 4.69) is 20.6 Å². The van der Waals surface area contributed by atoms with Gasteiger partial charge in [-0.05, 0) is 42.8 Å². The lowest BCUT2D eigenvalue weighted by atomic mass is 10.1. The quantitative estimate of drug-likeness (QED) is 0.593. The number of anilines is 4. The maximum atomic E-state index is 12.9. The molecule has 29 heavy (non-hydrogen) atoms. The summed E-state index contributed by atoms with van der Waals surface area (Å²) in [5.41, 5.74) is 2.46. The van der Waals surface area contributed by atoms with Gasteiger partial charge in [0.05, 0.1) is 5.56 Å². The fraction of sp³-hybridized carbons (Fsp3) is 0.238. The van der Waals surface area contributed by atoms with Gasteiger partial charge in [0.25, 0.3) is 0 Å². The van der Waals surface area contributed by atoms with Gasteiger partial charge in [0.1, 0.15) is 5.82 Å². The summed E-state index contributed by atoms with van der Waals surface area (Å²) in [6, 6.07) is 14.8. The summed E-state index contributed by atoms with van der Waals surface area (Å²) in [6.45, 7) is 2.05. The lowest BCUT2D eigenvalue weighted by Crippen LogP contribution is -2.09. The minimum Gasteiger partial charge on any atom is -0.378 e. The number of benzene rings is 2. The number of nitrogens with one attached hydrogen (secondary N) is 2. The molecule has 0 spiro atoms. The minimum atomic E-state index is -4.36. The average molecular weight is 401 g/mol. The maximum absolute atomic E-state index is 12.9. The minimum absolute atomic E-state index is 0.218. The molecule has 0 amide bonds. The van der Waals surface area contributed by atoms with Crippen LogP contribution in [0.2, 0.25) is 0 Å². The Hall–Kier alpha value is -3.29. The molecule has 3 rings (SSSR count). The summed E-state index contributed by atoms with van der Waals surface area (Å²) in [7, 11) is 3.91. The topological polar surface area (TPSA) is 53.1 Å². The van der Waals surface area contributed by atoms with Gasteiger partial charge < -0.3 is 15.5 Å². The Labute approximate surface area is 167 Å². The third-order valence-corrected chi connectivity index (χ3v) is 4.20. The zero-order valence-electron chi connectivity index (χ0n) is 16.4. The van der Waals surface area contributed by atoms with Crippen LogP contribution in [0.5, 0.6) is 0 Å². The molecule has 0 saturated heterocycles. The highest BCUT2D eigenvalue weighted by molar-refractivity contribution is 5.62. The first-order chi connectivity index (χ1) is 13.7. The molecule has 0 atom stereocenters. The highest BCUT2D eigenvalue weighted by atomic mass is 19.4. The number of alkyl halides is 3. The average Bonchev–Trinajstić information content (AvgIpc) is 2.66. The molecule has 0 radical (unpaired) electrons. The Bertz CT molecular complexity index is 986. The van der Waals surface area contributed by atoms with Crippen LogP contribution in [0.4, 0.5) is 36.3 Å². The van der Waals surface area contributed by atoms with E-state index in [1.165, 1.54) is 6.07 Å². The van der Waals surface area contributed by atoms with Gasteiger partial charge in [-0.15, -0.1) is 0 Å². The Kier molecular flexibility index (Phi) is 5.91. The third-order valence-electron chi connectivity index (χ3n) is 4.20. The Morgan fingerprint density at radius 1 is 0.966 bits per heavy atom. The first-order valence-corrected chi connectivity index (χ1v) is 9.01. The van der Waals surface area contributed by atoms with E-state index < -0.39 is 11.7 Å². The molecule has 1 aromatic heterocycles. The molecule has 0 bridgehead atoms. The molecule has 5 nitrogen and oxygen atoms in total. The molecule has 0 aliphatic rings. The summed E-state index contributed by atoms with van der Waals surface area (Å²) in [4.78, 5) is 10.8. The van der Waals surface area contributed by atoms with Gasteiger partial charge in [-0.1, -0.05) is 18.2 Å². The number of nitrogens with zero attached hydrogens (tertiary/aromatic N) is 3. The second-order valence-corrected chi connectivity index (χ2v) is 6.84. The van der Waals surface area contributed by atoms with Gasteiger partial charge in [-0.2, -0.15) is 18.2 Å². The largest absolute Gasteiger partial charge is 0.416 e. The van der Waals surface area contributed by atoms with Crippen LogP contribution in [-0.2, 0) is 12.7 Å². The van der Waals surface area contributed by atoms with Gasteiger partial charge >= 0.3 is 6.18 Å². The van der Waals surface area contributed by atoms with Crippen LogP contribution >= 0.6 is 0 Å². The molecule has 0 aliphatic heterocycles. The van der Waals surface area contributed by atoms with E-state index in [-0.39, 0.29) is 6.54 Å². The molecule has 0 saturated carbocycles. The van der Waals surface area contributed by atoms with Crippen molar-refractivity contribution in [2.45, 2.75) is 19.6 Å². The lowest BCUT2D eigenvalue weighted by Gasteiger charge is -2.14. The fourth-order valence-electron chi connectivity index (χ4n) is 2.76. The first kappa shape index (κ1) is 20.4. The molecular weight excluding hydrogens is 379 g/mol. The van der Waals surface area contributed by atoms with Crippen molar-refractivity contribution in [1.82, 2.24) is 9.97 Å². The molecule has 0 aliphatic carbocycles.